The zero-order valence-electron chi connectivity index (χ0n) is 18.4. The van der Waals surface area contributed by atoms with Crippen LogP contribution in [0.2, 0.25) is 0 Å². The lowest BCUT2D eigenvalue weighted by Gasteiger charge is -2.12. The number of aliphatic hydroxyl groups is 1. The van der Waals surface area contributed by atoms with Gasteiger partial charge in [0, 0.05) is 29.5 Å². The fourth-order valence-electron chi connectivity index (χ4n) is 3.72. The van der Waals surface area contributed by atoms with Gasteiger partial charge in [0.25, 0.3) is 0 Å². The molecule has 162 valence electrons. The molecule has 0 aromatic heterocycles. The predicted molar refractivity (Wildman–Crippen MR) is 133 cm³/mol. The number of rotatable bonds is 7. The van der Waals surface area contributed by atoms with Crippen LogP contribution in [0.15, 0.2) is 84.9 Å². The molecule has 0 saturated heterocycles. The van der Waals surface area contributed by atoms with Crippen LogP contribution in [0.3, 0.4) is 0 Å². The minimum atomic E-state index is 0.0476. The molecule has 32 heavy (non-hydrogen) atoms. The summed E-state index contributed by atoms with van der Waals surface area (Å²) in [5.74, 6) is 0.881. The Bertz CT molecular complexity index is 1200. The van der Waals surface area contributed by atoms with E-state index >= 15 is 0 Å². The van der Waals surface area contributed by atoms with Crippen LogP contribution in [0, 0.1) is 6.92 Å². The number of nitrogens with one attached hydrogen (secondary N) is 1. The molecule has 0 heterocycles. The average molecular weight is 425 g/mol. The molecule has 4 aromatic rings. The molecule has 0 radical (unpaired) electrons. The number of hydrogen-bond donors (Lipinski definition) is 3. The standard InChI is InChI=1S/C28H28N2O2/c1-19-3-13-25(16-28(19)32-2)30-17-20-4-10-23(11-5-20)26-15-24(12-14-27(26)29)22-8-6-21(18-31)7-9-22/h3-16,30-31H,17-18,29H2,1-2H3. The smallest absolute Gasteiger partial charge is 0.123 e. The second-order valence-corrected chi connectivity index (χ2v) is 7.89. The maximum atomic E-state index is 9.26. The maximum absolute atomic E-state index is 9.26. The average Bonchev–Trinajstić information content (AvgIpc) is 2.84. The second-order valence-electron chi connectivity index (χ2n) is 7.89. The molecule has 4 N–H and O–H groups in total. The van der Waals surface area contributed by atoms with Crippen molar-refractivity contribution in [2.45, 2.75) is 20.1 Å². The molecule has 0 amide bonds. The number of anilines is 2. The van der Waals surface area contributed by atoms with E-state index in [1.165, 1.54) is 5.56 Å². The summed E-state index contributed by atoms with van der Waals surface area (Å²) in [7, 11) is 1.69. The summed E-state index contributed by atoms with van der Waals surface area (Å²) in [5.41, 5.74) is 15.6. The highest BCUT2D eigenvalue weighted by Crippen LogP contribution is 2.32. The zero-order chi connectivity index (χ0) is 22.5. The monoisotopic (exact) mass is 424 g/mol. The van der Waals surface area contributed by atoms with Crippen molar-refractivity contribution in [2.24, 2.45) is 0 Å². The molecule has 0 unspecified atom stereocenters. The van der Waals surface area contributed by atoms with Crippen LogP contribution in [-0.4, -0.2) is 12.2 Å². The first-order chi connectivity index (χ1) is 15.6. The van der Waals surface area contributed by atoms with E-state index in [1.54, 1.807) is 7.11 Å². The third-order valence-corrected chi connectivity index (χ3v) is 5.69. The highest BCUT2D eigenvalue weighted by atomic mass is 16.5. The van der Waals surface area contributed by atoms with Crippen LogP contribution >= 0.6 is 0 Å². The van der Waals surface area contributed by atoms with Crippen LogP contribution in [0.5, 0.6) is 5.75 Å². The molecule has 4 aromatic carbocycles. The van der Waals surface area contributed by atoms with Crippen molar-refractivity contribution < 1.29 is 9.84 Å². The summed E-state index contributed by atoms with van der Waals surface area (Å²) >= 11 is 0. The Hall–Kier alpha value is -3.76. The lowest BCUT2D eigenvalue weighted by Crippen LogP contribution is -2.00. The van der Waals surface area contributed by atoms with E-state index < -0.39 is 0 Å². The van der Waals surface area contributed by atoms with Gasteiger partial charge in [-0.3, -0.25) is 0 Å². The van der Waals surface area contributed by atoms with Crippen molar-refractivity contribution in [3.63, 3.8) is 0 Å². The summed E-state index contributed by atoms with van der Waals surface area (Å²) in [6, 6.07) is 28.6. The zero-order valence-corrected chi connectivity index (χ0v) is 18.4. The van der Waals surface area contributed by atoms with E-state index in [2.05, 4.69) is 47.8 Å². The van der Waals surface area contributed by atoms with E-state index in [9.17, 15) is 5.11 Å². The molecule has 0 bridgehead atoms. The molecule has 4 nitrogen and oxygen atoms in total. The van der Waals surface area contributed by atoms with Crippen molar-refractivity contribution in [1.29, 1.82) is 0 Å². The van der Waals surface area contributed by atoms with Gasteiger partial charge in [0.05, 0.1) is 13.7 Å². The maximum Gasteiger partial charge on any atom is 0.123 e. The number of methoxy groups -OCH3 is 1. The Morgan fingerprint density at radius 2 is 1.44 bits per heavy atom. The number of nitrogen functional groups attached to an aromatic ring is 1. The predicted octanol–water partition coefficient (Wildman–Crippen LogP) is 6.02. The van der Waals surface area contributed by atoms with Gasteiger partial charge in [-0.2, -0.15) is 0 Å². The van der Waals surface area contributed by atoms with Gasteiger partial charge in [0.2, 0.25) is 0 Å². The van der Waals surface area contributed by atoms with Gasteiger partial charge in [0.1, 0.15) is 5.75 Å². The van der Waals surface area contributed by atoms with Gasteiger partial charge in [-0.25, -0.2) is 0 Å². The van der Waals surface area contributed by atoms with Gasteiger partial charge in [-0.15, -0.1) is 0 Å². The molecular formula is C28H28N2O2. The molecular weight excluding hydrogens is 396 g/mol. The Labute approximate surface area is 189 Å². The summed E-state index contributed by atoms with van der Waals surface area (Å²) in [6.07, 6.45) is 0. The van der Waals surface area contributed by atoms with Gasteiger partial charge in [-0.1, -0.05) is 60.7 Å². The van der Waals surface area contributed by atoms with Crippen molar-refractivity contribution in [3.05, 3.63) is 102 Å². The fraction of sp³-hybridized carbons (Fsp3) is 0.143. The molecule has 0 aliphatic heterocycles. The van der Waals surface area contributed by atoms with E-state index in [1.807, 2.05) is 49.4 Å². The lowest BCUT2D eigenvalue weighted by molar-refractivity contribution is 0.282. The van der Waals surface area contributed by atoms with Gasteiger partial charge in [-0.05, 0) is 58.5 Å². The first-order valence-electron chi connectivity index (χ1n) is 10.6. The van der Waals surface area contributed by atoms with E-state index in [0.29, 0.717) is 0 Å². The molecule has 0 aliphatic rings. The summed E-state index contributed by atoms with van der Waals surface area (Å²) in [5, 5.41) is 12.7. The topological polar surface area (TPSA) is 67.5 Å². The first kappa shape index (κ1) is 21.5. The first-order valence-corrected chi connectivity index (χ1v) is 10.6. The number of hydrogen-bond acceptors (Lipinski definition) is 4. The van der Waals surface area contributed by atoms with Crippen LogP contribution < -0.4 is 15.8 Å². The molecule has 0 aliphatic carbocycles. The number of ether oxygens (including phenoxy) is 1. The molecule has 0 fully saturated rings. The van der Waals surface area contributed by atoms with Crippen LogP contribution in [-0.2, 0) is 13.2 Å². The number of nitrogens with two attached hydrogens (primary N) is 1. The third kappa shape index (κ3) is 4.76. The summed E-state index contributed by atoms with van der Waals surface area (Å²) < 4.78 is 5.40. The summed E-state index contributed by atoms with van der Waals surface area (Å²) in [4.78, 5) is 0. The minimum absolute atomic E-state index is 0.0476. The SMILES string of the molecule is COc1cc(NCc2ccc(-c3cc(-c4ccc(CO)cc4)ccc3N)cc2)ccc1C. The van der Waals surface area contributed by atoms with Crippen LogP contribution in [0.25, 0.3) is 22.3 Å². The van der Waals surface area contributed by atoms with Gasteiger partial charge >= 0.3 is 0 Å². The van der Waals surface area contributed by atoms with Crippen molar-refractivity contribution >= 4 is 11.4 Å². The van der Waals surface area contributed by atoms with Crippen molar-refractivity contribution in [3.8, 4) is 28.0 Å². The second kappa shape index (κ2) is 9.58. The number of aryl methyl sites for hydroxylation is 1. The molecule has 0 atom stereocenters. The summed E-state index contributed by atoms with van der Waals surface area (Å²) in [6.45, 7) is 2.80. The third-order valence-electron chi connectivity index (χ3n) is 5.69. The molecule has 0 spiro atoms. The largest absolute Gasteiger partial charge is 0.496 e. The fourth-order valence-corrected chi connectivity index (χ4v) is 3.72. The lowest BCUT2D eigenvalue weighted by atomic mass is 9.96. The Morgan fingerprint density at radius 1 is 0.781 bits per heavy atom. The molecule has 0 saturated carbocycles. The van der Waals surface area contributed by atoms with Gasteiger partial charge in [0.15, 0.2) is 0 Å². The van der Waals surface area contributed by atoms with E-state index in [4.69, 9.17) is 10.5 Å². The molecule has 4 heteroatoms. The highest BCUT2D eigenvalue weighted by molar-refractivity contribution is 5.82. The Morgan fingerprint density at radius 3 is 2.12 bits per heavy atom. The van der Waals surface area contributed by atoms with Crippen molar-refractivity contribution in [2.75, 3.05) is 18.2 Å². The van der Waals surface area contributed by atoms with E-state index in [-0.39, 0.29) is 6.61 Å². The van der Waals surface area contributed by atoms with Crippen LogP contribution in [0.4, 0.5) is 11.4 Å². The molecule has 4 rings (SSSR count). The van der Waals surface area contributed by atoms with Crippen LogP contribution in [0.1, 0.15) is 16.7 Å². The Kier molecular flexibility index (Phi) is 6.43. The number of benzene rings is 4. The van der Waals surface area contributed by atoms with Gasteiger partial charge < -0.3 is 20.9 Å². The quantitative estimate of drug-likeness (QED) is 0.317. The minimum Gasteiger partial charge on any atom is -0.496 e. The number of aliphatic hydroxyl groups excluding tert-OH is 1. The highest BCUT2D eigenvalue weighted by Gasteiger charge is 2.07. The van der Waals surface area contributed by atoms with Crippen molar-refractivity contribution in [1.82, 2.24) is 0 Å². The van der Waals surface area contributed by atoms with E-state index in [0.717, 1.165) is 57.0 Å². The normalized spacial score (nSPS) is 10.7. The Balaban J connectivity index is 1.51.